The Balaban J connectivity index is 2.01. The van der Waals surface area contributed by atoms with E-state index in [1.807, 2.05) is 0 Å². The Hall–Kier alpha value is -2.57. The molecule has 4 nitrogen and oxygen atoms in total. The first-order chi connectivity index (χ1) is 10.3. The highest BCUT2D eigenvalue weighted by atomic mass is 19.4. The summed E-state index contributed by atoms with van der Waals surface area (Å²) in [6.07, 6.45) is -1.53. The molecule has 1 aromatic carbocycles. The molecular formula is C15H13F3N2O2. The minimum Gasteiger partial charge on any atom is -0.406 e. The summed E-state index contributed by atoms with van der Waals surface area (Å²) >= 11 is 0. The lowest BCUT2D eigenvalue weighted by Crippen LogP contribution is -2.26. The van der Waals surface area contributed by atoms with E-state index in [2.05, 4.69) is 15.0 Å². The molecule has 0 spiro atoms. The van der Waals surface area contributed by atoms with Crippen molar-refractivity contribution in [2.24, 2.45) is 0 Å². The third-order valence-corrected chi connectivity index (χ3v) is 2.90. The van der Waals surface area contributed by atoms with Crippen LogP contribution in [0.2, 0.25) is 0 Å². The Kier molecular flexibility index (Phi) is 4.65. The normalized spacial score (nSPS) is 12.5. The molecule has 7 heteroatoms. The third-order valence-electron chi connectivity index (χ3n) is 2.90. The number of alkyl halides is 3. The lowest BCUT2D eigenvalue weighted by Gasteiger charge is -2.14. The molecule has 1 amide bonds. The number of benzene rings is 1. The molecule has 2 rings (SSSR count). The molecule has 0 fully saturated rings. The fourth-order valence-corrected chi connectivity index (χ4v) is 1.82. The van der Waals surface area contributed by atoms with Crippen LogP contribution in [0.4, 0.5) is 13.2 Å². The van der Waals surface area contributed by atoms with E-state index in [9.17, 15) is 18.0 Å². The van der Waals surface area contributed by atoms with Gasteiger partial charge in [-0.2, -0.15) is 0 Å². The van der Waals surface area contributed by atoms with Crippen LogP contribution in [0.3, 0.4) is 0 Å². The van der Waals surface area contributed by atoms with Gasteiger partial charge in [0.25, 0.3) is 5.91 Å². The maximum absolute atomic E-state index is 12.1. The van der Waals surface area contributed by atoms with Crippen molar-refractivity contribution in [2.45, 2.75) is 19.3 Å². The lowest BCUT2D eigenvalue weighted by molar-refractivity contribution is -0.274. The van der Waals surface area contributed by atoms with Gasteiger partial charge in [-0.3, -0.25) is 9.78 Å². The molecule has 1 unspecified atom stereocenters. The molecule has 0 saturated heterocycles. The van der Waals surface area contributed by atoms with Gasteiger partial charge in [0, 0.05) is 18.0 Å². The van der Waals surface area contributed by atoms with Gasteiger partial charge < -0.3 is 10.1 Å². The highest BCUT2D eigenvalue weighted by Gasteiger charge is 2.31. The smallest absolute Gasteiger partial charge is 0.406 e. The van der Waals surface area contributed by atoms with E-state index < -0.39 is 6.36 Å². The van der Waals surface area contributed by atoms with E-state index in [1.165, 1.54) is 12.1 Å². The third kappa shape index (κ3) is 4.47. The van der Waals surface area contributed by atoms with Crippen LogP contribution in [0.15, 0.2) is 48.8 Å². The largest absolute Gasteiger partial charge is 0.573 e. The number of ether oxygens (including phenoxy) is 1. The SMILES string of the molecule is CC(NC(=O)c1ccc(OC(F)(F)F)cc1)c1ccncc1. The van der Waals surface area contributed by atoms with Gasteiger partial charge in [-0.1, -0.05) is 0 Å². The number of carbonyl (C=O) groups excluding carboxylic acids is 1. The Morgan fingerprint density at radius 1 is 1.14 bits per heavy atom. The van der Waals surface area contributed by atoms with Crippen molar-refractivity contribution in [3.8, 4) is 5.75 Å². The number of hydrogen-bond donors (Lipinski definition) is 1. The fraction of sp³-hybridized carbons (Fsp3) is 0.200. The van der Waals surface area contributed by atoms with E-state index in [1.54, 1.807) is 31.5 Å². The standard InChI is InChI=1S/C15H13F3N2O2/c1-10(11-6-8-19-9-7-11)20-14(21)12-2-4-13(5-3-12)22-15(16,17)18/h2-10H,1H3,(H,20,21). The number of aromatic nitrogens is 1. The first-order valence-corrected chi connectivity index (χ1v) is 6.42. The summed E-state index contributed by atoms with van der Waals surface area (Å²) in [5, 5.41) is 2.75. The predicted octanol–water partition coefficient (Wildman–Crippen LogP) is 3.47. The first-order valence-electron chi connectivity index (χ1n) is 6.42. The molecule has 1 aromatic heterocycles. The number of nitrogens with one attached hydrogen (secondary N) is 1. The van der Waals surface area contributed by atoms with Gasteiger partial charge in [-0.25, -0.2) is 0 Å². The van der Waals surface area contributed by atoms with Crippen LogP contribution in [0.1, 0.15) is 28.9 Å². The van der Waals surface area contributed by atoms with Crippen LogP contribution in [0.5, 0.6) is 5.75 Å². The maximum atomic E-state index is 12.1. The summed E-state index contributed by atoms with van der Waals surface area (Å²) in [4.78, 5) is 15.9. The van der Waals surface area contributed by atoms with Gasteiger partial charge >= 0.3 is 6.36 Å². The molecule has 0 aliphatic heterocycles. The van der Waals surface area contributed by atoms with Crippen molar-refractivity contribution in [1.29, 1.82) is 0 Å². The molecule has 1 N–H and O–H groups in total. The number of halogens is 3. The Morgan fingerprint density at radius 2 is 1.73 bits per heavy atom. The summed E-state index contributed by atoms with van der Waals surface area (Å²) < 4.78 is 39.9. The van der Waals surface area contributed by atoms with E-state index >= 15 is 0 Å². The number of carbonyl (C=O) groups is 1. The van der Waals surface area contributed by atoms with Gasteiger partial charge in [0.1, 0.15) is 5.75 Å². The van der Waals surface area contributed by atoms with Crippen molar-refractivity contribution in [1.82, 2.24) is 10.3 Å². The number of pyridine rings is 1. The second-order valence-corrected chi connectivity index (χ2v) is 4.55. The molecule has 22 heavy (non-hydrogen) atoms. The Bertz CT molecular complexity index is 627. The van der Waals surface area contributed by atoms with Crippen LogP contribution in [-0.2, 0) is 0 Å². The predicted molar refractivity (Wildman–Crippen MR) is 73.2 cm³/mol. The van der Waals surface area contributed by atoms with Crippen molar-refractivity contribution in [2.75, 3.05) is 0 Å². The molecular weight excluding hydrogens is 297 g/mol. The van der Waals surface area contributed by atoms with Crippen LogP contribution >= 0.6 is 0 Å². The second kappa shape index (κ2) is 6.46. The van der Waals surface area contributed by atoms with Crippen LogP contribution in [0.25, 0.3) is 0 Å². The summed E-state index contributed by atoms with van der Waals surface area (Å²) in [7, 11) is 0. The second-order valence-electron chi connectivity index (χ2n) is 4.55. The molecule has 0 aliphatic carbocycles. The molecule has 1 atom stereocenters. The van der Waals surface area contributed by atoms with Gasteiger partial charge in [0.2, 0.25) is 0 Å². The monoisotopic (exact) mass is 310 g/mol. The van der Waals surface area contributed by atoms with E-state index in [-0.39, 0.29) is 23.3 Å². The zero-order valence-electron chi connectivity index (χ0n) is 11.6. The highest BCUT2D eigenvalue weighted by molar-refractivity contribution is 5.94. The van der Waals surface area contributed by atoms with Crippen molar-refractivity contribution < 1.29 is 22.7 Å². The maximum Gasteiger partial charge on any atom is 0.573 e. The van der Waals surface area contributed by atoms with Gasteiger partial charge in [-0.05, 0) is 48.9 Å². The Morgan fingerprint density at radius 3 is 2.27 bits per heavy atom. The fourth-order valence-electron chi connectivity index (χ4n) is 1.82. The molecule has 1 heterocycles. The molecule has 0 saturated carbocycles. The topological polar surface area (TPSA) is 51.2 Å². The lowest BCUT2D eigenvalue weighted by atomic mass is 10.1. The van der Waals surface area contributed by atoms with Crippen molar-refractivity contribution in [3.05, 3.63) is 59.9 Å². The van der Waals surface area contributed by atoms with Crippen LogP contribution in [0, 0.1) is 0 Å². The molecule has 0 bridgehead atoms. The number of hydrogen-bond acceptors (Lipinski definition) is 3. The van der Waals surface area contributed by atoms with E-state index in [4.69, 9.17) is 0 Å². The molecule has 116 valence electrons. The van der Waals surface area contributed by atoms with Crippen LogP contribution in [-0.4, -0.2) is 17.3 Å². The minimum absolute atomic E-state index is 0.246. The van der Waals surface area contributed by atoms with Gasteiger partial charge in [-0.15, -0.1) is 13.2 Å². The van der Waals surface area contributed by atoms with Gasteiger partial charge in [0.15, 0.2) is 0 Å². The highest BCUT2D eigenvalue weighted by Crippen LogP contribution is 2.23. The van der Waals surface area contributed by atoms with E-state index in [0.29, 0.717) is 0 Å². The summed E-state index contributed by atoms with van der Waals surface area (Å²) in [6, 6.07) is 8.03. The summed E-state index contributed by atoms with van der Waals surface area (Å²) in [6.45, 7) is 1.80. The number of rotatable bonds is 4. The van der Waals surface area contributed by atoms with Crippen LogP contribution < -0.4 is 10.1 Å². The molecule has 2 aromatic rings. The summed E-state index contributed by atoms with van der Waals surface area (Å²) in [5.41, 5.74) is 1.12. The minimum atomic E-state index is -4.75. The Labute approximate surface area is 124 Å². The van der Waals surface area contributed by atoms with E-state index in [0.717, 1.165) is 17.7 Å². The molecule has 0 radical (unpaired) electrons. The zero-order valence-corrected chi connectivity index (χ0v) is 11.6. The number of amides is 1. The average Bonchev–Trinajstić information content (AvgIpc) is 2.47. The average molecular weight is 310 g/mol. The first kappa shape index (κ1) is 15.8. The summed E-state index contributed by atoms with van der Waals surface area (Å²) in [5.74, 6) is -0.755. The van der Waals surface area contributed by atoms with Gasteiger partial charge in [0.05, 0.1) is 6.04 Å². The quantitative estimate of drug-likeness (QED) is 0.940. The molecule has 0 aliphatic rings. The van der Waals surface area contributed by atoms with Crippen molar-refractivity contribution >= 4 is 5.91 Å². The van der Waals surface area contributed by atoms with Crippen molar-refractivity contribution in [3.63, 3.8) is 0 Å². The zero-order chi connectivity index (χ0) is 16.2. The number of nitrogens with zero attached hydrogens (tertiary/aromatic N) is 1.